The molecule has 2 fully saturated rings. The third-order valence-corrected chi connectivity index (χ3v) is 3.70. The molecule has 0 aromatic heterocycles. The minimum Gasteiger partial charge on any atom is -0.396 e. The van der Waals surface area contributed by atoms with Crippen LogP contribution in [0.15, 0.2) is 0 Å². The summed E-state index contributed by atoms with van der Waals surface area (Å²) in [7, 11) is 2.19. The first-order valence-corrected chi connectivity index (χ1v) is 5.06. The van der Waals surface area contributed by atoms with Crippen molar-refractivity contribution in [2.75, 3.05) is 26.7 Å². The summed E-state index contributed by atoms with van der Waals surface area (Å²) in [6.45, 7) is 2.88. The molecule has 1 atom stereocenters. The van der Waals surface area contributed by atoms with E-state index in [1.165, 1.54) is 38.8 Å². The molecule has 0 aromatic rings. The lowest BCUT2D eigenvalue weighted by Crippen LogP contribution is -2.37. The zero-order chi connectivity index (χ0) is 8.60. The summed E-state index contributed by atoms with van der Waals surface area (Å²) >= 11 is 0. The van der Waals surface area contributed by atoms with Crippen LogP contribution in [-0.2, 0) is 0 Å². The Morgan fingerprint density at radius 1 is 1.50 bits per heavy atom. The number of rotatable bonds is 2. The fraction of sp³-hybridized carbons (Fsp3) is 1.00. The van der Waals surface area contributed by atoms with E-state index in [1.54, 1.807) is 0 Å². The second kappa shape index (κ2) is 3.00. The van der Waals surface area contributed by atoms with Gasteiger partial charge in [-0.3, -0.25) is 0 Å². The van der Waals surface area contributed by atoms with Crippen LogP contribution in [0.5, 0.6) is 0 Å². The van der Waals surface area contributed by atoms with Gasteiger partial charge in [-0.1, -0.05) is 0 Å². The van der Waals surface area contributed by atoms with Crippen LogP contribution in [0.1, 0.15) is 25.7 Å². The van der Waals surface area contributed by atoms with Gasteiger partial charge in [-0.15, -0.1) is 0 Å². The van der Waals surface area contributed by atoms with Crippen LogP contribution < -0.4 is 0 Å². The Morgan fingerprint density at radius 3 is 2.75 bits per heavy atom. The van der Waals surface area contributed by atoms with Crippen molar-refractivity contribution < 1.29 is 5.11 Å². The second-order valence-electron chi connectivity index (χ2n) is 4.62. The maximum absolute atomic E-state index is 9.28. The molecule has 1 aliphatic carbocycles. The quantitative estimate of drug-likeness (QED) is 0.669. The molecule has 2 heteroatoms. The van der Waals surface area contributed by atoms with Gasteiger partial charge in [0.15, 0.2) is 0 Å². The maximum Gasteiger partial charge on any atom is 0.0490 e. The first-order valence-electron chi connectivity index (χ1n) is 5.06. The summed E-state index contributed by atoms with van der Waals surface area (Å²) in [6.07, 6.45) is 5.19. The highest BCUT2D eigenvalue weighted by Gasteiger charge is 2.49. The first kappa shape index (κ1) is 8.52. The molecule has 2 rings (SSSR count). The lowest BCUT2D eigenvalue weighted by atomic mass is 9.83. The van der Waals surface area contributed by atoms with Crippen LogP contribution >= 0.6 is 0 Å². The van der Waals surface area contributed by atoms with E-state index in [0.29, 0.717) is 12.0 Å². The SMILES string of the molecule is CN1CCCC(C2(CO)CC2)C1. The van der Waals surface area contributed by atoms with E-state index in [-0.39, 0.29) is 0 Å². The van der Waals surface area contributed by atoms with Gasteiger partial charge in [0.2, 0.25) is 0 Å². The minimum atomic E-state index is 0.356. The van der Waals surface area contributed by atoms with E-state index in [2.05, 4.69) is 11.9 Å². The van der Waals surface area contributed by atoms with E-state index < -0.39 is 0 Å². The van der Waals surface area contributed by atoms with Gasteiger partial charge in [-0.05, 0) is 50.6 Å². The molecule has 2 aliphatic rings. The number of likely N-dealkylation sites (tertiary alicyclic amines) is 1. The molecule has 1 saturated carbocycles. The molecule has 1 N–H and O–H groups in total. The Morgan fingerprint density at radius 2 is 2.25 bits per heavy atom. The Kier molecular flexibility index (Phi) is 2.13. The van der Waals surface area contributed by atoms with Gasteiger partial charge in [-0.2, -0.15) is 0 Å². The highest BCUT2D eigenvalue weighted by atomic mass is 16.3. The molecule has 0 spiro atoms. The number of aliphatic hydroxyl groups is 1. The van der Waals surface area contributed by atoms with Crippen molar-refractivity contribution in [2.24, 2.45) is 11.3 Å². The van der Waals surface area contributed by atoms with Crippen LogP contribution in [0, 0.1) is 11.3 Å². The first-order chi connectivity index (χ1) is 5.77. The zero-order valence-electron chi connectivity index (χ0n) is 7.92. The van der Waals surface area contributed by atoms with E-state index in [1.807, 2.05) is 0 Å². The molecular formula is C10H19NO. The highest BCUT2D eigenvalue weighted by Crippen LogP contribution is 2.53. The average Bonchev–Trinajstić information content (AvgIpc) is 2.84. The van der Waals surface area contributed by atoms with Crippen LogP contribution in [0.3, 0.4) is 0 Å². The van der Waals surface area contributed by atoms with Crippen molar-refractivity contribution in [2.45, 2.75) is 25.7 Å². The van der Waals surface area contributed by atoms with Gasteiger partial charge in [0.1, 0.15) is 0 Å². The highest BCUT2D eigenvalue weighted by molar-refractivity contribution is 4.99. The van der Waals surface area contributed by atoms with Crippen molar-refractivity contribution in [1.29, 1.82) is 0 Å². The maximum atomic E-state index is 9.28. The molecule has 0 amide bonds. The van der Waals surface area contributed by atoms with Gasteiger partial charge in [0.05, 0.1) is 0 Å². The molecule has 0 radical (unpaired) electrons. The number of hydrogen-bond donors (Lipinski definition) is 1. The summed E-state index contributed by atoms with van der Waals surface area (Å²) < 4.78 is 0. The Balaban J connectivity index is 1.94. The zero-order valence-corrected chi connectivity index (χ0v) is 7.92. The van der Waals surface area contributed by atoms with Crippen molar-refractivity contribution in [3.63, 3.8) is 0 Å². The lowest BCUT2D eigenvalue weighted by molar-refractivity contribution is 0.0943. The second-order valence-corrected chi connectivity index (χ2v) is 4.62. The third kappa shape index (κ3) is 1.38. The number of aliphatic hydroxyl groups excluding tert-OH is 1. The summed E-state index contributed by atoms with van der Waals surface area (Å²) in [4.78, 5) is 2.41. The molecular weight excluding hydrogens is 150 g/mol. The predicted molar refractivity (Wildman–Crippen MR) is 49.0 cm³/mol. The van der Waals surface area contributed by atoms with Gasteiger partial charge in [-0.25, -0.2) is 0 Å². The van der Waals surface area contributed by atoms with E-state index in [4.69, 9.17) is 0 Å². The molecule has 1 heterocycles. The van der Waals surface area contributed by atoms with Crippen molar-refractivity contribution >= 4 is 0 Å². The van der Waals surface area contributed by atoms with Crippen LogP contribution in [0.4, 0.5) is 0 Å². The third-order valence-electron chi connectivity index (χ3n) is 3.70. The summed E-state index contributed by atoms with van der Waals surface area (Å²) in [5.74, 6) is 0.779. The molecule has 2 nitrogen and oxygen atoms in total. The largest absolute Gasteiger partial charge is 0.396 e. The number of piperidine rings is 1. The van der Waals surface area contributed by atoms with E-state index >= 15 is 0 Å². The average molecular weight is 169 g/mol. The number of nitrogens with zero attached hydrogens (tertiary/aromatic N) is 1. The lowest BCUT2D eigenvalue weighted by Gasteiger charge is -2.34. The smallest absolute Gasteiger partial charge is 0.0490 e. The van der Waals surface area contributed by atoms with Crippen LogP contribution in [0.25, 0.3) is 0 Å². The molecule has 1 saturated heterocycles. The van der Waals surface area contributed by atoms with Gasteiger partial charge < -0.3 is 10.0 Å². The summed E-state index contributed by atoms with van der Waals surface area (Å²) in [6, 6.07) is 0. The van der Waals surface area contributed by atoms with Crippen molar-refractivity contribution in [3.8, 4) is 0 Å². The van der Waals surface area contributed by atoms with Crippen LogP contribution in [-0.4, -0.2) is 36.8 Å². The van der Waals surface area contributed by atoms with Gasteiger partial charge >= 0.3 is 0 Å². The monoisotopic (exact) mass is 169 g/mol. The van der Waals surface area contributed by atoms with Gasteiger partial charge in [0, 0.05) is 13.2 Å². The fourth-order valence-corrected chi connectivity index (χ4v) is 2.52. The standard InChI is InChI=1S/C10H19NO/c1-11-6-2-3-9(7-11)10(8-12)4-5-10/h9,12H,2-8H2,1H3. The predicted octanol–water partition coefficient (Wildman–Crippen LogP) is 1.10. The van der Waals surface area contributed by atoms with Crippen molar-refractivity contribution in [1.82, 2.24) is 4.90 Å². The number of hydrogen-bond acceptors (Lipinski definition) is 2. The molecule has 70 valence electrons. The Bertz CT molecular complexity index is 165. The molecule has 0 aromatic carbocycles. The molecule has 1 aliphatic heterocycles. The van der Waals surface area contributed by atoms with Crippen LogP contribution in [0.2, 0.25) is 0 Å². The molecule has 1 unspecified atom stereocenters. The summed E-state index contributed by atoms with van der Waals surface area (Å²) in [5, 5.41) is 9.28. The van der Waals surface area contributed by atoms with E-state index in [9.17, 15) is 5.11 Å². The Hall–Kier alpha value is -0.0800. The molecule has 12 heavy (non-hydrogen) atoms. The fourth-order valence-electron chi connectivity index (χ4n) is 2.52. The van der Waals surface area contributed by atoms with E-state index in [0.717, 1.165) is 5.92 Å². The normalized spacial score (nSPS) is 35.0. The van der Waals surface area contributed by atoms with Gasteiger partial charge in [0.25, 0.3) is 0 Å². The van der Waals surface area contributed by atoms with Crippen molar-refractivity contribution in [3.05, 3.63) is 0 Å². The topological polar surface area (TPSA) is 23.5 Å². The molecule has 0 bridgehead atoms. The Labute approximate surface area is 74.6 Å². The minimum absolute atomic E-state index is 0.356. The summed E-state index contributed by atoms with van der Waals surface area (Å²) in [5.41, 5.74) is 0.356.